The molecule has 3 heterocycles. The van der Waals surface area contributed by atoms with Gasteiger partial charge in [-0.15, -0.1) is 0 Å². The molecule has 2 aromatic heterocycles. The predicted octanol–water partition coefficient (Wildman–Crippen LogP) is 6.99. The molecule has 1 aliphatic rings. The Bertz CT molecular complexity index is 2350. The zero-order valence-electron chi connectivity index (χ0n) is 30.4. The number of para-hydroxylation sites is 2. The van der Waals surface area contributed by atoms with Gasteiger partial charge in [0.05, 0.1) is 36.7 Å². The largest absolute Gasteiger partial charge is 0.494 e. The molecule has 1 saturated heterocycles. The van der Waals surface area contributed by atoms with Crippen molar-refractivity contribution in [2.24, 2.45) is 0 Å². The molecule has 1 aliphatic heterocycles. The maximum Gasteiger partial charge on any atom is 0.229 e. The third-order valence-electron chi connectivity index (χ3n) is 8.14. The molecule has 14 nitrogen and oxygen atoms in total. The zero-order valence-corrected chi connectivity index (χ0v) is 34.3. The van der Waals surface area contributed by atoms with Gasteiger partial charge in [-0.05, 0) is 54.0 Å². The third kappa shape index (κ3) is 12.5. The molecular weight excluding hydrogens is 809 g/mol. The van der Waals surface area contributed by atoms with E-state index in [9.17, 15) is 16.8 Å². The Labute approximate surface area is 336 Å². The van der Waals surface area contributed by atoms with Crippen LogP contribution in [0.4, 0.5) is 40.3 Å². The number of hydrogen-bond donors (Lipinski definition) is 3. The monoisotopic (exact) mass is 847 g/mol. The average Bonchev–Trinajstić information content (AvgIpc) is 3.12. The Balaban J connectivity index is 0.000000246. The molecule has 0 bridgehead atoms. The van der Waals surface area contributed by atoms with Gasteiger partial charge < -0.3 is 30.5 Å². The number of likely N-dealkylation sites (N-methyl/N-ethyl adjacent to an activating group) is 1. The van der Waals surface area contributed by atoms with Crippen molar-refractivity contribution in [2.45, 2.75) is 11.5 Å². The smallest absolute Gasteiger partial charge is 0.229 e. The Morgan fingerprint density at radius 3 is 1.76 bits per heavy atom. The standard InChI is InChI=1S/C24H29ClN6O3S.C12H11Cl2N3O2S/c1-30-10-12-31(13-11-30)18-8-9-21(22(14-18)34-2)28-24-26-15-19(25)23(29-24)27-20-7-5-4-6-17(20)16-35(3,32)33;1-20(18,19)7-8-4-2-3-5-10(8)16-11-9(13)6-15-12(14)17-11/h4-9,14-15H,10-13,16H2,1-3H3,(H2,26,27,28,29);2-6H,7H2,1H3,(H,15,16,17). The van der Waals surface area contributed by atoms with Crippen LogP contribution in [0.25, 0.3) is 0 Å². The van der Waals surface area contributed by atoms with Crippen molar-refractivity contribution in [3.63, 3.8) is 0 Å². The van der Waals surface area contributed by atoms with E-state index in [-0.39, 0.29) is 16.8 Å². The van der Waals surface area contributed by atoms with Crippen molar-refractivity contribution in [3.05, 3.63) is 106 Å². The van der Waals surface area contributed by atoms with Crippen molar-refractivity contribution in [3.8, 4) is 5.75 Å². The fraction of sp³-hybridized carbons (Fsp3) is 0.278. The normalized spacial score (nSPS) is 13.4. The van der Waals surface area contributed by atoms with Gasteiger partial charge in [0.25, 0.3) is 0 Å². The van der Waals surface area contributed by atoms with Crippen molar-refractivity contribution in [1.29, 1.82) is 0 Å². The van der Waals surface area contributed by atoms with Crippen LogP contribution in [0.3, 0.4) is 0 Å². The van der Waals surface area contributed by atoms with Gasteiger partial charge in [0.2, 0.25) is 11.2 Å². The summed E-state index contributed by atoms with van der Waals surface area (Å²) in [5.41, 5.74) is 4.29. The Morgan fingerprint density at radius 1 is 0.691 bits per heavy atom. The summed E-state index contributed by atoms with van der Waals surface area (Å²) >= 11 is 18.0. The van der Waals surface area contributed by atoms with Crippen LogP contribution in [-0.2, 0) is 31.2 Å². The summed E-state index contributed by atoms with van der Waals surface area (Å²) in [7, 11) is -2.60. The summed E-state index contributed by atoms with van der Waals surface area (Å²) in [6.45, 7) is 3.96. The molecule has 0 radical (unpaired) electrons. The minimum absolute atomic E-state index is 0.0532. The summed E-state index contributed by atoms with van der Waals surface area (Å²) in [5.74, 6) is 1.51. The lowest BCUT2D eigenvalue weighted by molar-refractivity contribution is 0.312. The van der Waals surface area contributed by atoms with Gasteiger partial charge >= 0.3 is 0 Å². The molecule has 0 spiro atoms. The fourth-order valence-corrected chi connectivity index (χ4v) is 7.51. The number of aromatic nitrogens is 4. The molecule has 0 unspecified atom stereocenters. The molecule has 6 rings (SSSR count). The number of hydrogen-bond acceptors (Lipinski definition) is 14. The summed E-state index contributed by atoms with van der Waals surface area (Å²) in [6.07, 6.45) is 5.24. The van der Waals surface area contributed by atoms with Crippen LogP contribution in [0.2, 0.25) is 15.3 Å². The van der Waals surface area contributed by atoms with Crippen LogP contribution < -0.4 is 25.6 Å². The van der Waals surface area contributed by atoms with E-state index in [1.165, 1.54) is 24.9 Å². The maximum absolute atomic E-state index is 11.8. The molecule has 3 aromatic carbocycles. The molecular formula is C36H40Cl3N9O5S2. The van der Waals surface area contributed by atoms with Gasteiger partial charge in [-0.25, -0.2) is 26.8 Å². The number of methoxy groups -OCH3 is 1. The molecule has 292 valence electrons. The SMILES string of the molecule is COc1cc(N2CCN(C)CC2)ccc1Nc1ncc(Cl)c(Nc2ccccc2CS(C)(=O)=O)n1.CS(=O)(=O)Cc1ccccc1Nc1nc(Cl)ncc1Cl. The van der Waals surface area contributed by atoms with Gasteiger partial charge in [-0.2, -0.15) is 9.97 Å². The van der Waals surface area contributed by atoms with E-state index in [0.29, 0.717) is 55.9 Å². The quantitative estimate of drug-likeness (QED) is 0.110. The minimum atomic E-state index is -3.21. The number of benzene rings is 3. The lowest BCUT2D eigenvalue weighted by Gasteiger charge is -2.34. The van der Waals surface area contributed by atoms with E-state index in [2.05, 4.69) is 52.7 Å². The highest BCUT2D eigenvalue weighted by molar-refractivity contribution is 7.90. The lowest BCUT2D eigenvalue weighted by atomic mass is 10.2. The number of nitrogens with one attached hydrogen (secondary N) is 3. The molecule has 3 N–H and O–H groups in total. The molecule has 19 heteroatoms. The highest BCUT2D eigenvalue weighted by Gasteiger charge is 2.18. The van der Waals surface area contributed by atoms with Crippen molar-refractivity contribution < 1.29 is 21.6 Å². The van der Waals surface area contributed by atoms with E-state index in [0.717, 1.165) is 37.6 Å². The van der Waals surface area contributed by atoms with Crippen molar-refractivity contribution >= 4 is 94.8 Å². The first-order valence-electron chi connectivity index (χ1n) is 16.7. The van der Waals surface area contributed by atoms with Gasteiger partial charge in [0.15, 0.2) is 31.3 Å². The molecule has 1 fully saturated rings. The second-order valence-electron chi connectivity index (χ2n) is 12.7. The first-order valence-corrected chi connectivity index (χ1v) is 22.0. The summed E-state index contributed by atoms with van der Waals surface area (Å²) in [6, 6.07) is 20.2. The molecule has 0 saturated carbocycles. The predicted molar refractivity (Wildman–Crippen MR) is 222 cm³/mol. The number of anilines is 7. The van der Waals surface area contributed by atoms with Gasteiger partial charge in [0.1, 0.15) is 15.8 Å². The van der Waals surface area contributed by atoms with Crippen molar-refractivity contribution in [2.75, 3.05) is 73.7 Å². The second kappa shape index (κ2) is 18.5. The van der Waals surface area contributed by atoms with Crippen LogP contribution in [0.15, 0.2) is 79.1 Å². The van der Waals surface area contributed by atoms with E-state index >= 15 is 0 Å². The molecule has 0 amide bonds. The van der Waals surface area contributed by atoms with Gasteiger partial charge in [-0.1, -0.05) is 59.6 Å². The molecule has 0 atom stereocenters. The lowest BCUT2D eigenvalue weighted by Crippen LogP contribution is -2.44. The zero-order chi connectivity index (χ0) is 39.8. The summed E-state index contributed by atoms with van der Waals surface area (Å²) in [5, 5.41) is 9.97. The average molecular weight is 849 g/mol. The van der Waals surface area contributed by atoms with E-state index in [1.807, 2.05) is 24.3 Å². The van der Waals surface area contributed by atoms with Crippen LogP contribution in [0, 0.1) is 0 Å². The third-order valence-corrected chi connectivity index (χ3v) is 10.5. The van der Waals surface area contributed by atoms with E-state index < -0.39 is 19.7 Å². The van der Waals surface area contributed by atoms with Crippen LogP contribution >= 0.6 is 34.8 Å². The number of rotatable bonds is 12. The fourth-order valence-electron chi connectivity index (χ4n) is 5.47. The Kier molecular flexibility index (Phi) is 14.0. The highest BCUT2D eigenvalue weighted by Crippen LogP contribution is 2.33. The van der Waals surface area contributed by atoms with Crippen molar-refractivity contribution in [1.82, 2.24) is 24.8 Å². The Morgan fingerprint density at radius 2 is 1.22 bits per heavy atom. The van der Waals surface area contributed by atoms with Crippen LogP contribution in [0.5, 0.6) is 5.75 Å². The van der Waals surface area contributed by atoms with Gasteiger partial charge in [0, 0.05) is 61.8 Å². The molecule has 55 heavy (non-hydrogen) atoms. The van der Waals surface area contributed by atoms with E-state index in [4.69, 9.17) is 39.5 Å². The first kappa shape index (κ1) is 41.7. The minimum Gasteiger partial charge on any atom is -0.494 e. The number of halogens is 3. The van der Waals surface area contributed by atoms with Gasteiger partial charge in [-0.3, -0.25) is 0 Å². The maximum atomic E-state index is 11.8. The number of sulfone groups is 2. The first-order chi connectivity index (χ1) is 26.1. The van der Waals surface area contributed by atoms with Crippen LogP contribution in [-0.4, -0.2) is 94.5 Å². The summed E-state index contributed by atoms with van der Waals surface area (Å²) in [4.78, 5) is 21.2. The molecule has 5 aromatic rings. The number of nitrogens with zero attached hydrogens (tertiary/aromatic N) is 6. The van der Waals surface area contributed by atoms with Crippen LogP contribution in [0.1, 0.15) is 11.1 Å². The summed E-state index contributed by atoms with van der Waals surface area (Å²) < 4.78 is 52.1. The highest BCUT2D eigenvalue weighted by atomic mass is 35.5. The Hall–Kier alpha value is -4.45. The van der Waals surface area contributed by atoms with E-state index in [1.54, 1.807) is 49.6 Å². The topological polar surface area (TPSA) is 172 Å². The molecule has 0 aliphatic carbocycles. The number of ether oxygens (including phenoxy) is 1. The number of piperazine rings is 1. The second-order valence-corrected chi connectivity index (χ2v) is 18.2.